The van der Waals surface area contributed by atoms with Gasteiger partial charge in [0.25, 0.3) is 0 Å². The van der Waals surface area contributed by atoms with E-state index < -0.39 is 0 Å². The minimum absolute atomic E-state index is 0.0266. The Morgan fingerprint density at radius 1 is 1.25 bits per heavy atom. The molecule has 0 aliphatic heterocycles. The molecule has 3 aromatic rings. The summed E-state index contributed by atoms with van der Waals surface area (Å²) in [5, 5.41) is 5.23. The maximum atomic E-state index is 6.23. The van der Waals surface area contributed by atoms with Crippen LogP contribution in [0.3, 0.4) is 0 Å². The van der Waals surface area contributed by atoms with Crippen LogP contribution in [0.5, 0.6) is 5.75 Å². The van der Waals surface area contributed by atoms with Gasteiger partial charge >= 0.3 is 0 Å². The fraction of sp³-hybridized carbons (Fsp3) is 0.250. The van der Waals surface area contributed by atoms with Crippen LogP contribution in [0.1, 0.15) is 30.9 Å². The largest absolute Gasteiger partial charge is 0.483 e. The van der Waals surface area contributed by atoms with Crippen LogP contribution in [-0.4, -0.2) is 9.97 Å². The van der Waals surface area contributed by atoms with Gasteiger partial charge in [0, 0.05) is 34.7 Å². The lowest BCUT2D eigenvalue weighted by atomic mass is 10.1. The molecule has 0 aliphatic carbocycles. The maximum absolute atomic E-state index is 6.23. The Kier molecular flexibility index (Phi) is 3.92. The second-order valence-electron chi connectivity index (χ2n) is 4.62. The Morgan fingerprint density at radius 2 is 2.20 bits per heavy atom. The van der Waals surface area contributed by atoms with E-state index in [1.807, 2.05) is 42.0 Å². The van der Waals surface area contributed by atoms with Crippen LogP contribution in [0, 0.1) is 0 Å². The highest BCUT2D eigenvalue weighted by Gasteiger charge is 2.16. The third-order valence-corrected chi connectivity index (χ3v) is 4.06. The number of thiazole rings is 1. The fourth-order valence-corrected chi connectivity index (χ4v) is 2.94. The molecule has 0 bridgehead atoms. The molecule has 102 valence electrons. The Balaban J connectivity index is 1.94. The fourth-order valence-electron chi connectivity index (χ4n) is 2.24. The minimum atomic E-state index is 0.0266. The molecule has 20 heavy (non-hydrogen) atoms. The molecule has 0 N–H and O–H groups in total. The van der Waals surface area contributed by atoms with Gasteiger partial charge in [0.05, 0.1) is 0 Å². The van der Waals surface area contributed by atoms with Crippen molar-refractivity contribution in [3.63, 3.8) is 0 Å². The topological polar surface area (TPSA) is 35.0 Å². The van der Waals surface area contributed by atoms with Gasteiger partial charge in [0.15, 0.2) is 0 Å². The van der Waals surface area contributed by atoms with Crippen LogP contribution in [-0.2, 0) is 0 Å². The maximum Gasteiger partial charge on any atom is 0.150 e. The van der Waals surface area contributed by atoms with Crippen molar-refractivity contribution in [1.29, 1.82) is 0 Å². The summed E-state index contributed by atoms with van der Waals surface area (Å²) in [5.41, 5.74) is 0. The van der Waals surface area contributed by atoms with Crippen molar-refractivity contribution in [1.82, 2.24) is 9.97 Å². The van der Waals surface area contributed by atoms with Gasteiger partial charge in [-0.1, -0.05) is 25.5 Å². The summed E-state index contributed by atoms with van der Waals surface area (Å²) in [6, 6.07) is 8.06. The van der Waals surface area contributed by atoms with E-state index >= 15 is 0 Å². The molecule has 0 radical (unpaired) electrons. The van der Waals surface area contributed by atoms with E-state index in [4.69, 9.17) is 4.74 Å². The highest BCUT2D eigenvalue weighted by molar-refractivity contribution is 7.09. The molecular weight excluding hydrogens is 268 g/mol. The van der Waals surface area contributed by atoms with Crippen LogP contribution in [0.4, 0.5) is 0 Å². The SMILES string of the molecule is CCCC(Oc1cccc2cnccc12)c1nccs1. The highest BCUT2D eigenvalue weighted by atomic mass is 32.1. The molecule has 4 heteroatoms. The van der Waals surface area contributed by atoms with Gasteiger partial charge < -0.3 is 4.74 Å². The molecular formula is C16H16N2OS. The van der Waals surface area contributed by atoms with E-state index in [1.165, 1.54) is 0 Å². The lowest BCUT2D eigenvalue weighted by Gasteiger charge is -2.17. The van der Waals surface area contributed by atoms with Crippen molar-refractivity contribution in [2.75, 3.05) is 0 Å². The standard InChI is InChI=1S/C16H16N2OS/c1-2-4-15(16-18-9-10-20-16)19-14-6-3-5-12-11-17-8-7-13(12)14/h3,5-11,15H,2,4H2,1H3. The van der Waals surface area contributed by atoms with Gasteiger partial charge in [0.2, 0.25) is 0 Å². The van der Waals surface area contributed by atoms with Crippen molar-refractivity contribution in [2.24, 2.45) is 0 Å². The molecule has 2 aromatic heterocycles. The Hall–Kier alpha value is -1.94. The Morgan fingerprint density at radius 3 is 3.00 bits per heavy atom. The Labute approximate surface area is 122 Å². The zero-order valence-electron chi connectivity index (χ0n) is 11.3. The first kappa shape index (κ1) is 13.1. The third kappa shape index (κ3) is 2.65. The molecule has 0 spiro atoms. The van der Waals surface area contributed by atoms with Crippen molar-refractivity contribution >= 4 is 22.1 Å². The zero-order chi connectivity index (χ0) is 13.8. The predicted octanol–water partition coefficient (Wildman–Crippen LogP) is 4.61. The van der Waals surface area contributed by atoms with E-state index in [0.717, 1.165) is 34.4 Å². The lowest BCUT2D eigenvalue weighted by molar-refractivity contribution is 0.196. The van der Waals surface area contributed by atoms with Gasteiger partial charge in [-0.25, -0.2) is 4.98 Å². The number of benzene rings is 1. The number of fused-ring (bicyclic) bond motifs is 1. The van der Waals surface area contributed by atoms with E-state index in [1.54, 1.807) is 17.5 Å². The molecule has 2 heterocycles. The second-order valence-corrected chi connectivity index (χ2v) is 5.54. The Bertz CT molecular complexity index is 677. The summed E-state index contributed by atoms with van der Waals surface area (Å²) >= 11 is 1.65. The van der Waals surface area contributed by atoms with E-state index in [-0.39, 0.29) is 6.10 Å². The van der Waals surface area contributed by atoms with E-state index in [2.05, 4.69) is 16.9 Å². The first-order chi connectivity index (χ1) is 9.88. The summed E-state index contributed by atoms with van der Waals surface area (Å²) < 4.78 is 6.23. The number of ether oxygens (including phenoxy) is 1. The van der Waals surface area contributed by atoms with Crippen LogP contribution < -0.4 is 4.74 Å². The predicted molar refractivity (Wildman–Crippen MR) is 82.1 cm³/mol. The van der Waals surface area contributed by atoms with E-state index in [0.29, 0.717) is 0 Å². The quantitative estimate of drug-likeness (QED) is 0.686. The lowest BCUT2D eigenvalue weighted by Crippen LogP contribution is -2.07. The summed E-state index contributed by atoms with van der Waals surface area (Å²) in [7, 11) is 0. The molecule has 1 unspecified atom stereocenters. The van der Waals surface area contributed by atoms with Gasteiger partial charge in [-0.3, -0.25) is 4.98 Å². The van der Waals surface area contributed by atoms with Crippen LogP contribution in [0.25, 0.3) is 10.8 Å². The van der Waals surface area contributed by atoms with E-state index in [9.17, 15) is 0 Å². The van der Waals surface area contributed by atoms with Crippen molar-refractivity contribution in [3.8, 4) is 5.75 Å². The molecule has 3 nitrogen and oxygen atoms in total. The number of hydrogen-bond donors (Lipinski definition) is 0. The summed E-state index contributed by atoms with van der Waals surface area (Å²) in [5.74, 6) is 0.901. The number of aromatic nitrogens is 2. The molecule has 0 aliphatic rings. The zero-order valence-corrected chi connectivity index (χ0v) is 12.1. The number of nitrogens with zero attached hydrogens (tertiary/aromatic N) is 2. The first-order valence-corrected chi connectivity index (χ1v) is 7.65. The molecule has 0 saturated heterocycles. The first-order valence-electron chi connectivity index (χ1n) is 6.77. The second kappa shape index (κ2) is 6.01. The molecule has 0 fully saturated rings. The van der Waals surface area contributed by atoms with Crippen molar-refractivity contribution in [2.45, 2.75) is 25.9 Å². The van der Waals surface area contributed by atoms with Gasteiger partial charge in [-0.05, 0) is 18.6 Å². The molecule has 0 saturated carbocycles. The molecule has 0 amide bonds. The summed E-state index contributed by atoms with van der Waals surface area (Å²) in [4.78, 5) is 8.55. The van der Waals surface area contributed by atoms with Gasteiger partial charge in [-0.2, -0.15) is 0 Å². The van der Waals surface area contributed by atoms with Gasteiger partial charge in [0.1, 0.15) is 16.9 Å². The highest BCUT2D eigenvalue weighted by Crippen LogP contribution is 2.31. The number of hydrogen-bond acceptors (Lipinski definition) is 4. The van der Waals surface area contributed by atoms with Crippen LogP contribution in [0.15, 0.2) is 48.2 Å². The van der Waals surface area contributed by atoms with Gasteiger partial charge in [-0.15, -0.1) is 11.3 Å². The minimum Gasteiger partial charge on any atom is -0.483 e. The average Bonchev–Trinajstić information content (AvgIpc) is 3.01. The summed E-state index contributed by atoms with van der Waals surface area (Å²) in [6.45, 7) is 2.16. The molecule has 3 rings (SSSR count). The molecule has 1 aromatic carbocycles. The normalized spacial score (nSPS) is 12.4. The molecule has 1 atom stereocenters. The van der Waals surface area contributed by atoms with Crippen molar-refractivity contribution < 1.29 is 4.74 Å². The monoisotopic (exact) mass is 284 g/mol. The summed E-state index contributed by atoms with van der Waals surface area (Å²) in [6.07, 6.45) is 7.55. The average molecular weight is 284 g/mol. The van der Waals surface area contributed by atoms with Crippen LogP contribution in [0.2, 0.25) is 0 Å². The van der Waals surface area contributed by atoms with Crippen molar-refractivity contribution in [3.05, 3.63) is 53.2 Å². The van der Waals surface area contributed by atoms with Crippen LogP contribution >= 0.6 is 11.3 Å². The third-order valence-electron chi connectivity index (χ3n) is 3.19. The smallest absolute Gasteiger partial charge is 0.150 e. The number of pyridine rings is 1. The number of rotatable bonds is 5.